The van der Waals surface area contributed by atoms with Crippen molar-refractivity contribution in [3.05, 3.63) is 28.0 Å². The molecule has 5 nitrogen and oxygen atoms in total. The van der Waals surface area contributed by atoms with Crippen molar-refractivity contribution in [1.82, 2.24) is 5.32 Å². The Hall–Kier alpha value is -1.66. The fraction of sp³-hybridized carbons (Fsp3) is 0.429. The van der Waals surface area contributed by atoms with Crippen LogP contribution in [0.4, 0.5) is 0 Å². The van der Waals surface area contributed by atoms with Crippen molar-refractivity contribution in [2.45, 2.75) is 19.8 Å². The van der Waals surface area contributed by atoms with Crippen molar-refractivity contribution in [2.75, 3.05) is 19.8 Å². The van der Waals surface area contributed by atoms with Crippen molar-refractivity contribution < 1.29 is 19.4 Å². The molecule has 0 aliphatic heterocycles. The number of carbonyl (C=O) groups excluding carboxylic acids is 1. The van der Waals surface area contributed by atoms with Gasteiger partial charge in [-0.1, -0.05) is 6.92 Å². The number of hydrogen-bond donors (Lipinski definition) is 2. The van der Waals surface area contributed by atoms with Gasteiger partial charge in [-0.25, -0.2) is 4.79 Å². The van der Waals surface area contributed by atoms with Crippen molar-refractivity contribution in [1.29, 1.82) is 0 Å². The van der Waals surface area contributed by atoms with Crippen molar-refractivity contribution in [3.8, 4) is 0 Å². The summed E-state index contributed by atoms with van der Waals surface area (Å²) in [6.45, 7) is 4.01. The fourth-order valence-electron chi connectivity index (χ4n) is 1.44. The zero-order valence-electron chi connectivity index (χ0n) is 11.4. The summed E-state index contributed by atoms with van der Waals surface area (Å²) in [5.74, 6) is -1.15. The highest BCUT2D eigenvalue weighted by atomic mass is 32.1. The SMILES string of the molecule is CCCOCCCNC(=O)c1csc(/C=C/C(=O)O)c1. The number of carboxylic acids is 1. The minimum Gasteiger partial charge on any atom is -0.478 e. The maximum Gasteiger partial charge on any atom is 0.328 e. The van der Waals surface area contributed by atoms with E-state index < -0.39 is 5.97 Å². The lowest BCUT2D eigenvalue weighted by Crippen LogP contribution is -2.24. The lowest BCUT2D eigenvalue weighted by molar-refractivity contribution is -0.131. The van der Waals surface area contributed by atoms with Crippen LogP contribution in [0.2, 0.25) is 0 Å². The Morgan fingerprint density at radius 2 is 2.25 bits per heavy atom. The molecule has 20 heavy (non-hydrogen) atoms. The van der Waals surface area contributed by atoms with Crippen LogP contribution < -0.4 is 5.32 Å². The summed E-state index contributed by atoms with van der Waals surface area (Å²) in [6.07, 6.45) is 4.30. The molecule has 0 fully saturated rings. The lowest BCUT2D eigenvalue weighted by Gasteiger charge is -2.04. The Morgan fingerprint density at radius 3 is 2.95 bits per heavy atom. The van der Waals surface area contributed by atoms with Gasteiger partial charge in [0, 0.05) is 36.1 Å². The standard InChI is InChI=1S/C14H19NO4S/c1-2-7-19-8-3-6-15-14(18)11-9-12(20-10-11)4-5-13(16)17/h4-5,9-10H,2-3,6-8H2,1H3,(H,15,18)(H,16,17)/b5-4+. The number of nitrogens with one attached hydrogen (secondary N) is 1. The molecular formula is C14H19NO4S. The van der Waals surface area contributed by atoms with E-state index in [4.69, 9.17) is 9.84 Å². The number of carbonyl (C=O) groups is 2. The van der Waals surface area contributed by atoms with Gasteiger partial charge in [-0.3, -0.25) is 4.79 Å². The Balaban J connectivity index is 2.31. The Kier molecular flexibility index (Phi) is 7.60. The Labute approximate surface area is 122 Å². The summed E-state index contributed by atoms with van der Waals surface area (Å²) in [6, 6.07) is 1.67. The summed E-state index contributed by atoms with van der Waals surface area (Å²) < 4.78 is 5.31. The van der Waals surface area contributed by atoms with Gasteiger partial charge < -0.3 is 15.2 Å². The largest absolute Gasteiger partial charge is 0.478 e. The zero-order chi connectivity index (χ0) is 14.8. The van der Waals surface area contributed by atoms with Crippen LogP contribution in [0.25, 0.3) is 6.08 Å². The minimum absolute atomic E-state index is 0.147. The number of aliphatic carboxylic acids is 1. The smallest absolute Gasteiger partial charge is 0.328 e. The maximum atomic E-state index is 11.8. The fourth-order valence-corrected chi connectivity index (χ4v) is 2.22. The van der Waals surface area contributed by atoms with Gasteiger partial charge in [0.1, 0.15) is 0 Å². The molecule has 6 heteroatoms. The highest BCUT2D eigenvalue weighted by Crippen LogP contribution is 2.16. The van der Waals surface area contributed by atoms with E-state index in [2.05, 4.69) is 12.2 Å². The molecule has 0 atom stereocenters. The van der Waals surface area contributed by atoms with E-state index in [0.29, 0.717) is 18.7 Å². The molecule has 1 aromatic heterocycles. The molecule has 0 aromatic carbocycles. The van der Waals surface area contributed by atoms with Crippen molar-refractivity contribution in [3.63, 3.8) is 0 Å². The number of rotatable bonds is 9. The number of carboxylic acid groups (broad SMARTS) is 1. The van der Waals surface area contributed by atoms with Crippen LogP contribution in [-0.2, 0) is 9.53 Å². The van der Waals surface area contributed by atoms with Crippen LogP contribution in [0, 0.1) is 0 Å². The summed E-state index contributed by atoms with van der Waals surface area (Å²) in [5.41, 5.74) is 0.550. The topological polar surface area (TPSA) is 75.6 Å². The first kappa shape index (κ1) is 16.4. The molecule has 0 unspecified atom stereocenters. The van der Waals surface area contributed by atoms with E-state index in [9.17, 15) is 9.59 Å². The lowest BCUT2D eigenvalue weighted by atomic mass is 10.2. The number of hydrogen-bond acceptors (Lipinski definition) is 4. The molecule has 0 spiro atoms. The molecule has 0 bridgehead atoms. The molecule has 1 amide bonds. The third kappa shape index (κ3) is 6.49. The highest BCUT2D eigenvalue weighted by molar-refractivity contribution is 7.11. The van der Waals surface area contributed by atoms with Crippen LogP contribution in [0.1, 0.15) is 35.0 Å². The van der Waals surface area contributed by atoms with E-state index in [0.717, 1.165) is 30.4 Å². The molecule has 110 valence electrons. The van der Waals surface area contributed by atoms with E-state index >= 15 is 0 Å². The average molecular weight is 297 g/mol. The van der Waals surface area contributed by atoms with Crippen LogP contribution in [0.5, 0.6) is 0 Å². The van der Waals surface area contributed by atoms with Crippen molar-refractivity contribution in [2.24, 2.45) is 0 Å². The van der Waals surface area contributed by atoms with Gasteiger partial charge in [0.05, 0.1) is 5.56 Å². The quantitative estimate of drug-likeness (QED) is 0.542. The molecule has 0 aliphatic rings. The van der Waals surface area contributed by atoms with E-state index in [-0.39, 0.29) is 5.91 Å². The second-order valence-corrected chi connectivity index (χ2v) is 5.07. The predicted molar refractivity (Wildman–Crippen MR) is 79.0 cm³/mol. The minimum atomic E-state index is -1.00. The summed E-state index contributed by atoms with van der Waals surface area (Å²) in [7, 11) is 0. The number of amides is 1. The van der Waals surface area contributed by atoms with Gasteiger partial charge in [-0.05, 0) is 25.0 Å². The van der Waals surface area contributed by atoms with Crippen LogP contribution >= 0.6 is 11.3 Å². The first-order chi connectivity index (χ1) is 9.63. The van der Waals surface area contributed by atoms with Gasteiger partial charge in [0.25, 0.3) is 5.91 Å². The van der Waals surface area contributed by atoms with Gasteiger partial charge in [-0.15, -0.1) is 11.3 Å². The monoisotopic (exact) mass is 297 g/mol. The van der Waals surface area contributed by atoms with Crippen LogP contribution in [0.3, 0.4) is 0 Å². The zero-order valence-corrected chi connectivity index (χ0v) is 12.2. The van der Waals surface area contributed by atoms with Gasteiger partial charge in [-0.2, -0.15) is 0 Å². The molecule has 1 rings (SSSR count). The molecule has 0 aliphatic carbocycles. The highest BCUT2D eigenvalue weighted by Gasteiger charge is 2.07. The van der Waals surface area contributed by atoms with Crippen molar-refractivity contribution >= 4 is 29.3 Å². The van der Waals surface area contributed by atoms with Crippen LogP contribution in [-0.4, -0.2) is 36.7 Å². The van der Waals surface area contributed by atoms with E-state index in [1.807, 2.05) is 0 Å². The second kappa shape index (κ2) is 9.28. The van der Waals surface area contributed by atoms with Crippen LogP contribution in [0.15, 0.2) is 17.5 Å². The first-order valence-electron chi connectivity index (χ1n) is 6.49. The van der Waals surface area contributed by atoms with E-state index in [1.165, 1.54) is 17.4 Å². The average Bonchev–Trinajstić information content (AvgIpc) is 2.89. The summed E-state index contributed by atoms with van der Waals surface area (Å²) in [4.78, 5) is 22.9. The molecular weight excluding hydrogens is 278 g/mol. The molecule has 2 N–H and O–H groups in total. The molecule has 1 heterocycles. The maximum absolute atomic E-state index is 11.8. The van der Waals surface area contributed by atoms with Gasteiger partial charge in [0.15, 0.2) is 0 Å². The van der Waals surface area contributed by atoms with E-state index in [1.54, 1.807) is 11.4 Å². The normalized spacial score (nSPS) is 10.8. The molecule has 0 saturated carbocycles. The number of thiophene rings is 1. The Bertz CT molecular complexity index is 467. The third-order valence-electron chi connectivity index (χ3n) is 2.37. The summed E-state index contributed by atoms with van der Waals surface area (Å²) in [5, 5.41) is 13.0. The third-order valence-corrected chi connectivity index (χ3v) is 3.27. The molecule has 0 radical (unpaired) electrons. The first-order valence-corrected chi connectivity index (χ1v) is 7.37. The molecule has 1 aromatic rings. The predicted octanol–water partition coefficient (Wildman–Crippen LogP) is 2.39. The number of ether oxygens (including phenoxy) is 1. The Morgan fingerprint density at radius 1 is 1.45 bits per heavy atom. The van der Waals surface area contributed by atoms with Gasteiger partial charge in [0.2, 0.25) is 0 Å². The molecule has 0 saturated heterocycles. The second-order valence-electron chi connectivity index (χ2n) is 4.13. The van der Waals surface area contributed by atoms with Gasteiger partial charge >= 0.3 is 5.97 Å². The summed E-state index contributed by atoms with van der Waals surface area (Å²) >= 11 is 1.33.